The van der Waals surface area contributed by atoms with Crippen molar-refractivity contribution in [3.05, 3.63) is 41.7 Å². The van der Waals surface area contributed by atoms with E-state index in [0.29, 0.717) is 13.2 Å². The second-order valence-corrected chi connectivity index (χ2v) is 4.77. The summed E-state index contributed by atoms with van der Waals surface area (Å²) < 4.78 is 11.2. The number of fused-ring (bicyclic) bond motifs is 1. The molecule has 104 valence electrons. The third kappa shape index (κ3) is 2.34. The first kappa shape index (κ1) is 12.9. The number of ether oxygens (including phenoxy) is 2. The van der Waals surface area contributed by atoms with Crippen LogP contribution in [0.3, 0.4) is 0 Å². The van der Waals surface area contributed by atoms with Crippen molar-refractivity contribution in [1.82, 2.24) is 4.98 Å². The lowest BCUT2D eigenvalue weighted by Crippen LogP contribution is -2.00. The molecule has 0 atom stereocenters. The molecule has 3 rings (SSSR count). The fraction of sp³-hybridized carbons (Fsp3) is 0.312. The maximum absolute atomic E-state index is 5.83. The monoisotopic (exact) mass is 270 g/mol. The van der Waals surface area contributed by atoms with Gasteiger partial charge in [-0.05, 0) is 36.2 Å². The zero-order valence-corrected chi connectivity index (χ0v) is 11.6. The predicted octanol–water partition coefficient (Wildman–Crippen LogP) is 2.54. The molecule has 1 aliphatic heterocycles. The van der Waals surface area contributed by atoms with E-state index >= 15 is 0 Å². The Morgan fingerprint density at radius 2 is 2.15 bits per heavy atom. The van der Waals surface area contributed by atoms with Crippen LogP contribution in [0, 0.1) is 0 Å². The quantitative estimate of drug-likeness (QED) is 0.927. The number of rotatable bonds is 4. The maximum atomic E-state index is 5.83. The van der Waals surface area contributed by atoms with Crippen molar-refractivity contribution in [2.45, 2.75) is 19.9 Å². The molecule has 0 unspecified atom stereocenters. The molecule has 0 saturated heterocycles. The van der Waals surface area contributed by atoms with Crippen molar-refractivity contribution < 1.29 is 9.47 Å². The van der Waals surface area contributed by atoms with Gasteiger partial charge in [0.2, 0.25) is 0 Å². The summed E-state index contributed by atoms with van der Waals surface area (Å²) in [6.45, 7) is 3.82. The normalized spacial score (nSPS) is 12.9. The molecule has 4 heteroatoms. The van der Waals surface area contributed by atoms with Gasteiger partial charge in [0.15, 0.2) is 0 Å². The molecular formula is C16H18N2O2. The molecule has 0 spiro atoms. The maximum Gasteiger partial charge on any atom is 0.138 e. The number of hydrogen-bond acceptors (Lipinski definition) is 4. The third-order valence-corrected chi connectivity index (χ3v) is 3.44. The van der Waals surface area contributed by atoms with Crippen molar-refractivity contribution >= 4 is 0 Å². The number of nitrogens with two attached hydrogens (primary N) is 1. The minimum absolute atomic E-state index is 0.481. The topological polar surface area (TPSA) is 57.4 Å². The van der Waals surface area contributed by atoms with E-state index in [4.69, 9.17) is 15.2 Å². The van der Waals surface area contributed by atoms with E-state index in [0.717, 1.165) is 41.2 Å². The molecule has 0 bridgehead atoms. The van der Waals surface area contributed by atoms with Gasteiger partial charge in [0, 0.05) is 30.3 Å². The minimum atomic E-state index is 0.481. The molecule has 2 N–H and O–H groups in total. The number of aromatic nitrogens is 1. The highest BCUT2D eigenvalue weighted by molar-refractivity contribution is 5.68. The van der Waals surface area contributed by atoms with Gasteiger partial charge in [-0.2, -0.15) is 0 Å². The van der Waals surface area contributed by atoms with Crippen LogP contribution in [0.5, 0.6) is 11.5 Å². The average molecular weight is 270 g/mol. The van der Waals surface area contributed by atoms with Crippen molar-refractivity contribution in [2.75, 3.05) is 13.2 Å². The fourth-order valence-corrected chi connectivity index (χ4v) is 2.53. The molecular weight excluding hydrogens is 252 g/mol. The first-order valence-electron chi connectivity index (χ1n) is 6.88. The van der Waals surface area contributed by atoms with Gasteiger partial charge in [-0.25, -0.2) is 0 Å². The van der Waals surface area contributed by atoms with Gasteiger partial charge < -0.3 is 15.2 Å². The number of benzene rings is 1. The van der Waals surface area contributed by atoms with E-state index in [1.165, 1.54) is 5.56 Å². The summed E-state index contributed by atoms with van der Waals surface area (Å²) in [6.07, 6.45) is 4.52. The zero-order chi connectivity index (χ0) is 13.9. The Balaban J connectivity index is 2.04. The fourth-order valence-electron chi connectivity index (χ4n) is 2.53. The van der Waals surface area contributed by atoms with Gasteiger partial charge in [-0.15, -0.1) is 0 Å². The summed E-state index contributed by atoms with van der Waals surface area (Å²) >= 11 is 0. The van der Waals surface area contributed by atoms with E-state index in [-0.39, 0.29) is 0 Å². The molecule has 1 aliphatic rings. The third-order valence-electron chi connectivity index (χ3n) is 3.44. The molecule has 20 heavy (non-hydrogen) atoms. The van der Waals surface area contributed by atoms with E-state index in [1.54, 1.807) is 6.20 Å². The number of pyridine rings is 1. The molecule has 2 heterocycles. The van der Waals surface area contributed by atoms with E-state index in [2.05, 4.69) is 17.1 Å². The molecule has 2 aromatic rings. The van der Waals surface area contributed by atoms with Crippen LogP contribution in [-0.2, 0) is 13.0 Å². The SMILES string of the molecule is CCOc1cncc(-c2cc(CN)c3c(c2)CCO3)c1. The molecule has 1 aromatic carbocycles. The lowest BCUT2D eigenvalue weighted by molar-refractivity contribution is 0.339. The van der Waals surface area contributed by atoms with Crippen molar-refractivity contribution in [1.29, 1.82) is 0 Å². The van der Waals surface area contributed by atoms with Gasteiger partial charge in [-0.1, -0.05) is 0 Å². The highest BCUT2D eigenvalue weighted by Crippen LogP contribution is 2.35. The van der Waals surface area contributed by atoms with E-state index < -0.39 is 0 Å². The number of nitrogens with zero attached hydrogens (tertiary/aromatic N) is 1. The second-order valence-electron chi connectivity index (χ2n) is 4.77. The minimum Gasteiger partial charge on any atom is -0.493 e. The Hall–Kier alpha value is -2.07. The van der Waals surface area contributed by atoms with Crippen molar-refractivity contribution in [3.8, 4) is 22.6 Å². The summed E-state index contributed by atoms with van der Waals surface area (Å²) in [5, 5.41) is 0. The van der Waals surface area contributed by atoms with Crippen LogP contribution < -0.4 is 15.2 Å². The van der Waals surface area contributed by atoms with Crippen LogP contribution in [0.1, 0.15) is 18.1 Å². The molecule has 4 nitrogen and oxygen atoms in total. The summed E-state index contributed by atoms with van der Waals surface area (Å²) in [5.74, 6) is 1.75. The Kier molecular flexibility index (Phi) is 3.56. The highest BCUT2D eigenvalue weighted by atomic mass is 16.5. The summed E-state index contributed by atoms with van der Waals surface area (Å²) in [5.41, 5.74) is 10.3. The van der Waals surface area contributed by atoms with Crippen LogP contribution in [0.4, 0.5) is 0 Å². The van der Waals surface area contributed by atoms with Crippen LogP contribution in [0.2, 0.25) is 0 Å². The van der Waals surface area contributed by atoms with E-state index in [1.807, 2.05) is 19.2 Å². The Labute approximate surface area is 118 Å². The smallest absolute Gasteiger partial charge is 0.138 e. The van der Waals surface area contributed by atoms with Crippen LogP contribution >= 0.6 is 0 Å². The van der Waals surface area contributed by atoms with Crippen LogP contribution in [0.15, 0.2) is 30.6 Å². The largest absolute Gasteiger partial charge is 0.493 e. The second kappa shape index (κ2) is 5.51. The summed E-state index contributed by atoms with van der Waals surface area (Å²) in [6, 6.07) is 6.25. The van der Waals surface area contributed by atoms with Crippen LogP contribution in [-0.4, -0.2) is 18.2 Å². The first-order valence-corrected chi connectivity index (χ1v) is 6.88. The van der Waals surface area contributed by atoms with Crippen LogP contribution in [0.25, 0.3) is 11.1 Å². The summed E-state index contributed by atoms with van der Waals surface area (Å²) in [7, 11) is 0. The van der Waals surface area contributed by atoms with Gasteiger partial charge >= 0.3 is 0 Å². The Morgan fingerprint density at radius 3 is 2.95 bits per heavy atom. The van der Waals surface area contributed by atoms with Crippen molar-refractivity contribution in [3.63, 3.8) is 0 Å². The predicted molar refractivity (Wildman–Crippen MR) is 77.9 cm³/mol. The Morgan fingerprint density at radius 1 is 1.25 bits per heavy atom. The molecule has 0 aliphatic carbocycles. The van der Waals surface area contributed by atoms with Gasteiger partial charge in [-0.3, -0.25) is 4.98 Å². The molecule has 0 amide bonds. The lowest BCUT2D eigenvalue weighted by atomic mass is 9.99. The molecule has 1 aromatic heterocycles. The lowest BCUT2D eigenvalue weighted by Gasteiger charge is -2.10. The van der Waals surface area contributed by atoms with Gasteiger partial charge in [0.05, 0.1) is 19.4 Å². The molecule has 0 fully saturated rings. The zero-order valence-electron chi connectivity index (χ0n) is 11.6. The molecule has 0 saturated carbocycles. The van der Waals surface area contributed by atoms with Gasteiger partial charge in [0.1, 0.15) is 11.5 Å². The van der Waals surface area contributed by atoms with Crippen molar-refractivity contribution in [2.24, 2.45) is 5.73 Å². The average Bonchev–Trinajstić information content (AvgIpc) is 2.95. The Bertz CT molecular complexity index is 626. The number of hydrogen-bond donors (Lipinski definition) is 1. The summed E-state index contributed by atoms with van der Waals surface area (Å²) in [4.78, 5) is 4.24. The first-order chi connectivity index (χ1) is 9.81. The highest BCUT2D eigenvalue weighted by Gasteiger charge is 2.17. The van der Waals surface area contributed by atoms with Gasteiger partial charge in [0.25, 0.3) is 0 Å². The standard InChI is InChI=1S/C16H18N2O2/c1-2-19-15-7-14(9-18-10-15)12-5-11-3-4-20-16(11)13(6-12)8-17/h5-7,9-10H,2-4,8,17H2,1H3. The molecule has 0 radical (unpaired) electrons. The van der Waals surface area contributed by atoms with E-state index in [9.17, 15) is 0 Å².